The summed E-state index contributed by atoms with van der Waals surface area (Å²) in [6.07, 6.45) is 0. The van der Waals surface area contributed by atoms with Crippen LogP contribution in [0.2, 0.25) is 0 Å². The lowest BCUT2D eigenvalue weighted by molar-refractivity contribution is 0.0335. The Morgan fingerprint density at radius 1 is 0.655 bits per heavy atom. The van der Waals surface area contributed by atoms with E-state index in [2.05, 4.69) is 0 Å². The number of esters is 2. The van der Waals surface area contributed by atoms with E-state index in [9.17, 15) is 9.59 Å². The molecule has 156 valence electrons. The van der Waals surface area contributed by atoms with Crippen LogP contribution in [0.1, 0.15) is 34.6 Å². The van der Waals surface area contributed by atoms with Gasteiger partial charge in [0.1, 0.15) is 24.7 Å². The average Bonchev–Trinajstić information content (AvgIpc) is 2.75. The van der Waals surface area contributed by atoms with Gasteiger partial charge in [0.2, 0.25) is 0 Å². The van der Waals surface area contributed by atoms with Crippen molar-refractivity contribution < 1.29 is 33.3 Å². The highest BCUT2D eigenvalue weighted by Crippen LogP contribution is 2.17. The fraction of sp³-hybridized carbons (Fsp3) is 0.364. The lowest BCUT2D eigenvalue weighted by Crippen LogP contribution is -2.11. The van der Waals surface area contributed by atoms with Crippen LogP contribution in [0.3, 0.4) is 0 Å². The van der Waals surface area contributed by atoms with Gasteiger partial charge in [0.25, 0.3) is 0 Å². The molecule has 0 unspecified atom stereocenters. The molecule has 0 N–H and O–H groups in total. The third-order valence-electron chi connectivity index (χ3n) is 3.76. The van der Waals surface area contributed by atoms with Crippen molar-refractivity contribution in [3.05, 3.63) is 59.7 Å². The Morgan fingerprint density at radius 2 is 1.17 bits per heavy atom. The second-order valence-corrected chi connectivity index (χ2v) is 5.82. The van der Waals surface area contributed by atoms with Gasteiger partial charge >= 0.3 is 11.9 Å². The van der Waals surface area contributed by atoms with Crippen LogP contribution in [-0.2, 0) is 14.2 Å². The van der Waals surface area contributed by atoms with Gasteiger partial charge in [-0.25, -0.2) is 9.59 Å². The molecule has 2 rings (SSSR count). The van der Waals surface area contributed by atoms with E-state index in [0.29, 0.717) is 55.7 Å². The third-order valence-corrected chi connectivity index (χ3v) is 3.76. The summed E-state index contributed by atoms with van der Waals surface area (Å²) in [5, 5.41) is 0. The van der Waals surface area contributed by atoms with E-state index < -0.39 is 11.9 Å². The van der Waals surface area contributed by atoms with Crippen molar-refractivity contribution in [3.63, 3.8) is 0 Å². The van der Waals surface area contributed by atoms with E-state index in [-0.39, 0.29) is 6.61 Å². The van der Waals surface area contributed by atoms with Crippen molar-refractivity contribution in [2.45, 2.75) is 13.8 Å². The van der Waals surface area contributed by atoms with E-state index in [0.717, 1.165) is 0 Å². The first-order valence-electron chi connectivity index (χ1n) is 9.51. The zero-order valence-corrected chi connectivity index (χ0v) is 16.7. The Kier molecular flexibility index (Phi) is 9.68. The number of hydrogen-bond donors (Lipinski definition) is 0. The fourth-order valence-electron chi connectivity index (χ4n) is 2.30. The number of hydrogen-bond acceptors (Lipinski definition) is 7. The van der Waals surface area contributed by atoms with E-state index in [1.54, 1.807) is 48.5 Å². The van der Waals surface area contributed by atoms with Crippen LogP contribution < -0.4 is 9.47 Å². The summed E-state index contributed by atoms with van der Waals surface area (Å²) in [4.78, 5) is 24.2. The summed E-state index contributed by atoms with van der Waals surface area (Å²) < 4.78 is 26.2. The summed E-state index contributed by atoms with van der Waals surface area (Å²) in [6.45, 7) is 6.50. The molecule has 0 atom stereocenters. The first-order valence-corrected chi connectivity index (χ1v) is 9.51. The summed E-state index contributed by atoms with van der Waals surface area (Å²) in [5.74, 6) is 0.0202. The summed E-state index contributed by atoms with van der Waals surface area (Å²) in [7, 11) is 0. The Bertz CT molecular complexity index is 754. The van der Waals surface area contributed by atoms with Crippen molar-refractivity contribution in [1.29, 1.82) is 0 Å². The zero-order valence-electron chi connectivity index (χ0n) is 16.7. The molecule has 2 aromatic carbocycles. The fourth-order valence-corrected chi connectivity index (χ4v) is 2.30. The molecule has 0 fully saturated rings. The van der Waals surface area contributed by atoms with E-state index in [1.165, 1.54) is 0 Å². The van der Waals surface area contributed by atoms with Crippen LogP contribution in [0, 0.1) is 0 Å². The molecule has 7 heteroatoms. The number of ether oxygens (including phenoxy) is 5. The Hall–Kier alpha value is -2.90. The van der Waals surface area contributed by atoms with Gasteiger partial charge in [-0.05, 0) is 62.4 Å². The molecule has 0 aromatic heterocycles. The molecule has 0 saturated heterocycles. The molecule has 0 aliphatic rings. The van der Waals surface area contributed by atoms with E-state index in [4.69, 9.17) is 23.7 Å². The molecule has 0 spiro atoms. The molecule has 0 radical (unpaired) electrons. The standard InChI is InChI=1S/C22H26O7/c1-3-25-13-15-27-19-9-5-18(6-10-19)22(24)29-20-11-7-17(8-12-20)21(23)28-16-14-26-4-2/h5-12H,3-4,13-16H2,1-2H3. The average molecular weight is 402 g/mol. The minimum atomic E-state index is -0.502. The van der Waals surface area contributed by atoms with Crippen LogP contribution in [0.15, 0.2) is 48.5 Å². The smallest absolute Gasteiger partial charge is 0.343 e. The van der Waals surface area contributed by atoms with Gasteiger partial charge in [-0.3, -0.25) is 0 Å². The molecule has 0 amide bonds. The van der Waals surface area contributed by atoms with Gasteiger partial charge in [0, 0.05) is 13.2 Å². The Labute approximate surface area is 170 Å². The van der Waals surface area contributed by atoms with Gasteiger partial charge in [0.15, 0.2) is 0 Å². The third kappa shape index (κ3) is 7.93. The lowest BCUT2D eigenvalue weighted by Gasteiger charge is -2.08. The van der Waals surface area contributed by atoms with Crippen LogP contribution in [0.25, 0.3) is 0 Å². The van der Waals surface area contributed by atoms with Crippen LogP contribution in [0.4, 0.5) is 0 Å². The highest BCUT2D eigenvalue weighted by molar-refractivity contribution is 5.92. The van der Waals surface area contributed by atoms with Crippen molar-refractivity contribution in [3.8, 4) is 11.5 Å². The minimum Gasteiger partial charge on any atom is -0.491 e. The molecule has 0 saturated carbocycles. The maximum absolute atomic E-state index is 12.3. The molecule has 0 aliphatic heterocycles. The summed E-state index contributed by atoms with van der Waals surface area (Å²) >= 11 is 0. The summed E-state index contributed by atoms with van der Waals surface area (Å²) in [6, 6.07) is 12.8. The SMILES string of the molecule is CCOCCOC(=O)c1ccc(OC(=O)c2ccc(OCCOCC)cc2)cc1. The molecular weight excluding hydrogens is 376 g/mol. The number of benzene rings is 2. The van der Waals surface area contributed by atoms with Crippen LogP contribution in [0.5, 0.6) is 11.5 Å². The molecule has 0 bridgehead atoms. The second-order valence-electron chi connectivity index (χ2n) is 5.82. The molecule has 29 heavy (non-hydrogen) atoms. The lowest BCUT2D eigenvalue weighted by atomic mass is 10.2. The van der Waals surface area contributed by atoms with Crippen LogP contribution in [-0.4, -0.2) is 51.6 Å². The largest absolute Gasteiger partial charge is 0.491 e. The predicted octanol–water partition coefficient (Wildman–Crippen LogP) is 3.51. The van der Waals surface area contributed by atoms with Crippen LogP contribution >= 0.6 is 0 Å². The zero-order chi connectivity index (χ0) is 20.9. The predicted molar refractivity (Wildman–Crippen MR) is 107 cm³/mol. The maximum atomic E-state index is 12.3. The minimum absolute atomic E-state index is 0.189. The highest BCUT2D eigenvalue weighted by atomic mass is 16.6. The molecular formula is C22H26O7. The molecule has 7 nitrogen and oxygen atoms in total. The van der Waals surface area contributed by atoms with Crippen molar-refractivity contribution >= 4 is 11.9 Å². The Balaban J connectivity index is 1.83. The number of carbonyl (C=O) groups excluding carboxylic acids is 2. The Morgan fingerprint density at radius 3 is 1.76 bits per heavy atom. The molecule has 0 heterocycles. The van der Waals surface area contributed by atoms with Crippen molar-refractivity contribution in [2.75, 3.05) is 39.6 Å². The normalized spacial score (nSPS) is 10.4. The molecule has 2 aromatic rings. The van der Waals surface area contributed by atoms with Crippen molar-refractivity contribution in [1.82, 2.24) is 0 Å². The first-order chi connectivity index (χ1) is 14.1. The van der Waals surface area contributed by atoms with E-state index in [1.807, 2.05) is 13.8 Å². The quantitative estimate of drug-likeness (QED) is 0.305. The first kappa shape index (κ1) is 22.4. The maximum Gasteiger partial charge on any atom is 0.343 e. The molecule has 0 aliphatic carbocycles. The van der Waals surface area contributed by atoms with Gasteiger partial charge < -0.3 is 23.7 Å². The second kappa shape index (κ2) is 12.5. The van der Waals surface area contributed by atoms with Gasteiger partial charge in [-0.15, -0.1) is 0 Å². The van der Waals surface area contributed by atoms with Gasteiger partial charge in [-0.2, -0.15) is 0 Å². The number of carbonyl (C=O) groups is 2. The van der Waals surface area contributed by atoms with Gasteiger partial charge in [0.05, 0.1) is 24.3 Å². The van der Waals surface area contributed by atoms with Crippen molar-refractivity contribution in [2.24, 2.45) is 0 Å². The summed E-state index contributed by atoms with van der Waals surface area (Å²) in [5.41, 5.74) is 0.761. The topological polar surface area (TPSA) is 80.3 Å². The number of rotatable bonds is 12. The van der Waals surface area contributed by atoms with E-state index >= 15 is 0 Å². The highest BCUT2D eigenvalue weighted by Gasteiger charge is 2.11. The monoisotopic (exact) mass is 402 g/mol. The van der Waals surface area contributed by atoms with Gasteiger partial charge in [-0.1, -0.05) is 0 Å².